The molecule has 1 amide bonds. The van der Waals surface area contributed by atoms with Crippen LogP contribution >= 0.6 is 0 Å². The van der Waals surface area contributed by atoms with Crippen molar-refractivity contribution in [2.24, 2.45) is 0 Å². The van der Waals surface area contributed by atoms with Crippen molar-refractivity contribution >= 4 is 5.91 Å². The molecule has 1 aromatic carbocycles. The second-order valence-electron chi connectivity index (χ2n) is 5.09. The number of amides is 1. The molecule has 1 atom stereocenters. The minimum absolute atomic E-state index is 0.0195. The lowest BCUT2D eigenvalue weighted by atomic mass is 10.0. The van der Waals surface area contributed by atoms with Gasteiger partial charge in [0.15, 0.2) is 6.10 Å². The maximum absolute atomic E-state index is 11.9. The second kappa shape index (κ2) is 5.89. The summed E-state index contributed by atoms with van der Waals surface area (Å²) in [7, 11) is 0. The van der Waals surface area contributed by atoms with Crippen molar-refractivity contribution in [3.63, 3.8) is 0 Å². The molecular formula is C15H21NO2. The molecule has 0 spiro atoms. The van der Waals surface area contributed by atoms with Gasteiger partial charge in [0, 0.05) is 6.54 Å². The quantitative estimate of drug-likeness (QED) is 0.892. The summed E-state index contributed by atoms with van der Waals surface area (Å²) in [5.74, 6) is 1.26. The Hall–Kier alpha value is -1.51. The van der Waals surface area contributed by atoms with Gasteiger partial charge in [0.2, 0.25) is 0 Å². The van der Waals surface area contributed by atoms with E-state index in [1.807, 2.05) is 18.2 Å². The summed E-state index contributed by atoms with van der Waals surface area (Å²) in [6, 6.07) is 7.98. The monoisotopic (exact) mass is 247 g/mol. The molecule has 1 heterocycles. The topological polar surface area (TPSA) is 38.3 Å². The first-order valence-corrected chi connectivity index (χ1v) is 6.72. The molecule has 2 rings (SSSR count). The summed E-state index contributed by atoms with van der Waals surface area (Å²) in [6.07, 6.45) is 2.54. The number of nitrogens with one attached hydrogen (secondary N) is 1. The van der Waals surface area contributed by atoms with Gasteiger partial charge in [-0.3, -0.25) is 4.79 Å². The third-order valence-corrected chi connectivity index (χ3v) is 3.30. The second-order valence-corrected chi connectivity index (χ2v) is 5.09. The molecule has 1 aliphatic rings. The fourth-order valence-corrected chi connectivity index (χ4v) is 2.24. The zero-order valence-electron chi connectivity index (χ0n) is 11.1. The lowest BCUT2D eigenvalue weighted by molar-refractivity contribution is -0.127. The van der Waals surface area contributed by atoms with Gasteiger partial charge in [0.05, 0.1) is 0 Å². The highest BCUT2D eigenvalue weighted by atomic mass is 16.5. The molecule has 1 fully saturated rings. The first-order valence-electron chi connectivity index (χ1n) is 6.72. The summed E-state index contributed by atoms with van der Waals surface area (Å²) < 4.78 is 5.93. The van der Waals surface area contributed by atoms with Crippen molar-refractivity contribution in [3.05, 3.63) is 29.8 Å². The molecule has 1 aliphatic heterocycles. The van der Waals surface area contributed by atoms with E-state index in [4.69, 9.17) is 4.74 Å². The van der Waals surface area contributed by atoms with Crippen LogP contribution < -0.4 is 10.1 Å². The summed E-state index contributed by atoms with van der Waals surface area (Å²) in [5.41, 5.74) is 1.16. The van der Waals surface area contributed by atoms with Gasteiger partial charge in [0.25, 0.3) is 5.91 Å². The highest BCUT2D eigenvalue weighted by Gasteiger charge is 2.23. The van der Waals surface area contributed by atoms with E-state index in [2.05, 4.69) is 25.2 Å². The van der Waals surface area contributed by atoms with Crippen molar-refractivity contribution < 1.29 is 9.53 Å². The Balaban J connectivity index is 2.15. The average molecular weight is 247 g/mol. The molecule has 1 saturated heterocycles. The highest BCUT2D eigenvalue weighted by molar-refractivity contribution is 5.81. The number of carbonyl (C=O) groups is 1. The van der Waals surface area contributed by atoms with E-state index in [1.54, 1.807) is 0 Å². The number of hydrogen-bond acceptors (Lipinski definition) is 2. The SMILES string of the molecule is CC(C)c1ccccc1OC1CCCCNC1=O. The fraction of sp³-hybridized carbons (Fsp3) is 0.533. The van der Waals surface area contributed by atoms with E-state index in [0.29, 0.717) is 5.92 Å². The first kappa shape index (κ1) is 12.9. The van der Waals surface area contributed by atoms with Crippen molar-refractivity contribution in [2.45, 2.75) is 45.1 Å². The van der Waals surface area contributed by atoms with Crippen LogP contribution in [0.3, 0.4) is 0 Å². The number of ether oxygens (including phenoxy) is 1. The van der Waals surface area contributed by atoms with Crippen LogP contribution in [0.5, 0.6) is 5.75 Å². The molecule has 1 aromatic rings. The maximum atomic E-state index is 11.9. The van der Waals surface area contributed by atoms with Crippen molar-refractivity contribution in [1.29, 1.82) is 0 Å². The molecule has 98 valence electrons. The molecule has 3 nitrogen and oxygen atoms in total. The van der Waals surface area contributed by atoms with Gasteiger partial charge in [-0.25, -0.2) is 0 Å². The van der Waals surface area contributed by atoms with Gasteiger partial charge in [-0.2, -0.15) is 0 Å². The summed E-state index contributed by atoms with van der Waals surface area (Å²) in [6.45, 7) is 5.04. The molecular weight excluding hydrogens is 226 g/mol. The van der Waals surface area contributed by atoms with Crippen LogP contribution in [-0.2, 0) is 4.79 Å². The zero-order valence-corrected chi connectivity index (χ0v) is 11.1. The number of carbonyl (C=O) groups excluding carboxylic acids is 1. The van der Waals surface area contributed by atoms with E-state index in [-0.39, 0.29) is 12.0 Å². The molecule has 0 bridgehead atoms. The Labute approximate surface area is 109 Å². The number of rotatable bonds is 3. The molecule has 0 radical (unpaired) electrons. The lowest BCUT2D eigenvalue weighted by Crippen LogP contribution is -2.36. The third kappa shape index (κ3) is 3.03. The van der Waals surface area contributed by atoms with Crippen LogP contribution in [0.25, 0.3) is 0 Å². The van der Waals surface area contributed by atoms with E-state index in [0.717, 1.165) is 37.1 Å². The summed E-state index contributed by atoms with van der Waals surface area (Å²) in [4.78, 5) is 11.9. The number of para-hydroxylation sites is 1. The van der Waals surface area contributed by atoms with Crippen molar-refractivity contribution in [1.82, 2.24) is 5.32 Å². The molecule has 18 heavy (non-hydrogen) atoms. The van der Waals surface area contributed by atoms with E-state index in [1.165, 1.54) is 0 Å². The minimum Gasteiger partial charge on any atom is -0.480 e. The zero-order chi connectivity index (χ0) is 13.0. The molecule has 1 unspecified atom stereocenters. The Morgan fingerprint density at radius 2 is 2.06 bits per heavy atom. The number of benzene rings is 1. The predicted octanol–water partition coefficient (Wildman–Crippen LogP) is 2.86. The van der Waals surface area contributed by atoms with Crippen LogP contribution in [0.15, 0.2) is 24.3 Å². The van der Waals surface area contributed by atoms with Gasteiger partial charge < -0.3 is 10.1 Å². The fourth-order valence-electron chi connectivity index (χ4n) is 2.24. The van der Waals surface area contributed by atoms with Crippen LogP contribution in [0, 0.1) is 0 Å². The largest absolute Gasteiger partial charge is 0.480 e. The molecule has 0 aromatic heterocycles. The predicted molar refractivity (Wildman–Crippen MR) is 71.8 cm³/mol. The van der Waals surface area contributed by atoms with Gasteiger partial charge in [-0.1, -0.05) is 32.0 Å². The number of hydrogen-bond donors (Lipinski definition) is 1. The molecule has 0 aliphatic carbocycles. The molecule has 3 heteroatoms. The lowest BCUT2D eigenvalue weighted by Gasteiger charge is -2.19. The van der Waals surface area contributed by atoms with Gasteiger partial charge in [-0.05, 0) is 36.8 Å². The standard InChI is InChI=1S/C15H21NO2/c1-11(2)12-7-3-4-8-13(12)18-14-9-5-6-10-16-15(14)17/h3-4,7-8,11,14H,5-6,9-10H2,1-2H3,(H,16,17). The Morgan fingerprint density at radius 3 is 2.83 bits per heavy atom. The van der Waals surface area contributed by atoms with Crippen LogP contribution in [0.4, 0.5) is 0 Å². The van der Waals surface area contributed by atoms with Crippen LogP contribution in [0.1, 0.15) is 44.6 Å². The third-order valence-electron chi connectivity index (χ3n) is 3.30. The Kier molecular flexibility index (Phi) is 4.24. The van der Waals surface area contributed by atoms with Crippen molar-refractivity contribution in [3.8, 4) is 5.75 Å². The highest BCUT2D eigenvalue weighted by Crippen LogP contribution is 2.27. The first-order chi connectivity index (χ1) is 8.68. The van der Waals surface area contributed by atoms with E-state index < -0.39 is 0 Å². The maximum Gasteiger partial charge on any atom is 0.261 e. The average Bonchev–Trinajstić information content (AvgIpc) is 2.55. The van der Waals surface area contributed by atoms with Crippen molar-refractivity contribution in [2.75, 3.05) is 6.54 Å². The van der Waals surface area contributed by atoms with Gasteiger partial charge >= 0.3 is 0 Å². The minimum atomic E-state index is -0.340. The Morgan fingerprint density at radius 1 is 1.28 bits per heavy atom. The van der Waals surface area contributed by atoms with Crippen LogP contribution in [-0.4, -0.2) is 18.6 Å². The van der Waals surface area contributed by atoms with E-state index >= 15 is 0 Å². The van der Waals surface area contributed by atoms with Gasteiger partial charge in [0.1, 0.15) is 5.75 Å². The van der Waals surface area contributed by atoms with Gasteiger partial charge in [-0.15, -0.1) is 0 Å². The van der Waals surface area contributed by atoms with Crippen LogP contribution in [0.2, 0.25) is 0 Å². The smallest absolute Gasteiger partial charge is 0.261 e. The molecule has 0 saturated carbocycles. The normalized spacial score (nSPS) is 20.4. The van der Waals surface area contributed by atoms with E-state index in [9.17, 15) is 4.79 Å². The summed E-state index contributed by atoms with van der Waals surface area (Å²) >= 11 is 0. The molecule has 1 N–H and O–H groups in total. The Bertz CT molecular complexity index is 415. The summed E-state index contributed by atoms with van der Waals surface area (Å²) in [5, 5.41) is 2.90.